The summed E-state index contributed by atoms with van der Waals surface area (Å²) in [5.74, 6) is 0.718. The van der Waals surface area contributed by atoms with E-state index in [2.05, 4.69) is 5.32 Å². The maximum atomic E-state index is 12.0. The summed E-state index contributed by atoms with van der Waals surface area (Å²) in [5.41, 5.74) is 2.82. The predicted octanol–water partition coefficient (Wildman–Crippen LogP) is 2.94. The van der Waals surface area contributed by atoms with Crippen LogP contribution in [-0.4, -0.2) is 31.9 Å². The minimum absolute atomic E-state index is 0.140. The van der Waals surface area contributed by atoms with Crippen LogP contribution >= 0.6 is 0 Å². The lowest BCUT2D eigenvalue weighted by atomic mass is 10.1. The normalized spacial score (nSPS) is 12.0. The highest BCUT2D eigenvalue weighted by Gasteiger charge is 2.13. The van der Waals surface area contributed by atoms with Crippen LogP contribution in [0.25, 0.3) is 6.08 Å². The van der Waals surface area contributed by atoms with E-state index in [0.717, 1.165) is 23.1 Å². The van der Waals surface area contributed by atoms with Crippen LogP contribution in [0, 0.1) is 13.8 Å². The summed E-state index contributed by atoms with van der Waals surface area (Å²) in [7, 11) is -1.79. The van der Waals surface area contributed by atoms with Crippen molar-refractivity contribution in [2.75, 3.05) is 18.6 Å². The van der Waals surface area contributed by atoms with Crippen LogP contribution in [0.15, 0.2) is 40.8 Å². The number of rotatable bonds is 6. The summed E-state index contributed by atoms with van der Waals surface area (Å²) < 4.78 is 29.5. The van der Waals surface area contributed by atoms with Crippen LogP contribution in [0.5, 0.6) is 0 Å². The van der Waals surface area contributed by atoms with Gasteiger partial charge in [-0.3, -0.25) is 4.79 Å². The van der Waals surface area contributed by atoms with Crippen molar-refractivity contribution >= 4 is 27.7 Å². The fourth-order valence-electron chi connectivity index (χ4n) is 2.11. The van der Waals surface area contributed by atoms with E-state index >= 15 is 0 Å². The van der Waals surface area contributed by atoms with Crippen LogP contribution in [0.2, 0.25) is 0 Å². The Labute approximate surface area is 148 Å². The van der Waals surface area contributed by atoms with Crippen LogP contribution in [-0.2, 0) is 21.4 Å². The summed E-state index contributed by atoms with van der Waals surface area (Å²) in [5, 5.41) is 2.83. The lowest BCUT2D eigenvalue weighted by molar-refractivity contribution is -0.111. The van der Waals surface area contributed by atoms with E-state index in [0.29, 0.717) is 11.5 Å². The minimum Gasteiger partial charge on any atom is -0.460 e. The zero-order valence-electron chi connectivity index (χ0n) is 14.7. The average Bonchev–Trinajstić information content (AvgIpc) is 2.95. The molecule has 0 radical (unpaired) electrons. The van der Waals surface area contributed by atoms with Crippen molar-refractivity contribution < 1.29 is 17.6 Å². The van der Waals surface area contributed by atoms with E-state index in [1.165, 1.54) is 17.4 Å². The number of furan rings is 1. The third-order valence-corrected chi connectivity index (χ3v) is 4.94. The Balaban J connectivity index is 2.00. The monoisotopic (exact) mass is 362 g/mol. The summed E-state index contributed by atoms with van der Waals surface area (Å²) >= 11 is 0. The second kappa shape index (κ2) is 7.67. The van der Waals surface area contributed by atoms with E-state index in [9.17, 15) is 13.2 Å². The molecule has 1 heterocycles. The van der Waals surface area contributed by atoms with Gasteiger partial charge in [0.15, 0.2) is 0 Å². The summed E-state index contributed by atoms with van der Waals surface area (Å²) in [6.07, 6.45) is 4.06. The first-order valence-corrected chi connectivity index (χ1v) is 9.56. The van der Waals surface area contributed by atoms with Crippen molar-refractivity contribution in [3.63, 3.8) is 0 Å². The van der Waals surface area contributed by atoms with Crippen LogP contribution in [0.3, 0.4) is 0 Å². The van der Waals surface area contributed by atoms with Gasteiger partial charge in [0.2, 0.25) is 15.9 Å². The SMILES string of the molecule is Cc1ccc(C)c(NC(=O)/C=C/c2ccc(CN(C)S(C)(=O)=O)o2)c1. The Morgan fingerprint density at radius 2 is 1.96 bits per heavy atom. The molecule has 0 aliphatic carbocycles. The van der Waals surface area contributed by atoms with Crippen molar-refractivity contribution in [2.24, 2.45) is 0 Å². The number of benzene rings is 1. The molecule has 2 rings (SSSR count). The Morgan fingerprint density at radius 3 is 2.64 bits per heavy atom. The first kappa shape index (κ1) is 19.0. The molecule has 1 aromatic heterocycles. The minimum atomic E-state index is -3.27. The third-order valence-electron chi connectivity index (χ3n) is 3.68. The van der Waals surface area contributed by atoms with Crippen LogP contribution < -0.4 is 5.32 Å². The quantitative estimate of drug-likeness (QED) is 0.801. The van der Waals surface area contributed by atoms with Gasteiger partial charge in [-0.15, -0.1) is 0 Å². The van der Waals surface area contributed by atoms with Crippen LogP contribution in [0.1, 0.15) is 22.6 Å². The number of hydrogen-bond acceptors (Lipinski definition) is 4. The molecule has 0 saturated heterocycles. The summed E-state index contributed by atoms with van der Waals surface area (Å²) in [4.78, 5) is 12.0. The van der Waals surface area contributed by atoms with E-state index in [1.807, 2.05) is 32.0 Å². The number of sulfonamides is 1. The van der Waals surface area contributed by atoms with Gasteiger partial charge in [-0.25, -0.2) is 8.42 Å². The summed E-state index contributed by atoms with van der Waals surface area (Å²) in [6.45, 7) is 4.03. The third kappa shape index (κ3) is 5.58. The first-order valence-electron chi connectivity index (χ1n) is 7.71. The van der Waals surface area contributed by atoms with Gasteiger partial charge in [-0.1, -0.05) is 12.1 Å². The standard InChI is InChI=1S/C18H22N2O4S/c1-13-5-6-14(2)17(11-13)19-18(21)10-9-15-7-8-16(24-15)12-20(3)25(4,22)23/h5-11H,12H2,1-4H3,(H,19,21)/b10-9+. The Kier molecular flexibility index (Phi) is 5.81. The molecule has 7 heteroatoms. The van der Waals surface area contributed by atoms with E-state index < -0.39 is 10.0 Å². The number of nitrogens with one attached hydrogen (secondary N) is 1. The maximum absolute atomic E-state index is 12.0. The number of carbonyl (C=O) groups excluding carboxylic acids is 1. The topological polar surface area (TPSA) is 79.6 Å². The molecule has 2 aromatic rings. The Hall–Kier alpha value is -2.38. The number of nitrogens with zero attached hydrogens (tertiary/aromatic N) is 1. The molecular formula is C18H22N2O4S. The molecule has 0 aliphatic heterocycles. The predicted molar refractivity (Wildman–Crippen MR) is 98.6 cm³/mol. The second-order valence-electron chi connectivity index (χ2n) is 5.96. The molecule has 0 atom stereocenters. The fourth-order valence-corrected chi connectivity index (χ4v) is 2.47. The molecule has 0 bridgehead atoms. The number of hydrogen-bond donors (Lipinski definition) is 1. The lowest BCUT2D eigenvalue weighted by Crippen LogP contribution is -2.24. The maximum Gasteiger partial charge on any atom is 0.248 e. The van der Waals surface area contributed by atoms with Gasteiger partial charge >= 0.3 is 0 Å². The van der Waals surface area contributed by atoms with E-state index in [-0.39, 0.29) is 12.5 Å². The smallest absolute Gasteiger partial charge is 0.248 e. The van der Waals surface area contributed by atoms with Crippen molar-refractivity contribution in [1.82, 2.24) is 4.31 Å². The number of amides is 1. The number of anilines is 1. The fraction of sp³-hybridized carbons (Fsp3) is 0.278. The molecular weight excluding hydrogens is 340 g/mol. The average molecular weight is 362 g/mol. The molecule has 0 unspecified atom stereocenters. The highest BCUT2D eigenvalue weighted by molar-refractivity contribution is 7.88. The van der Waals surface area contributed by atoms with Crippen molar-refractivity contribution in [2.45, 2.75) is 20.4 Å². The highest BCUT2D eigenvalue weighted by Crippen LogP contribution is 2.17. The van der Waals surface area contributed by atoms with Gasteiger partial charge in [0.05, 0.1) is 12.8 Å². The molecule has 134 valence electrons. The molecule has 0 fully saturated rings. The van der Waals surface area contributed by atoms with E-state index in [1.54, 1.807) is 18.2 Å². The molecule has 6 nitrogen and oxygen atoms in total. The van der Waals surface area contributed by atoms with Crippen molar-refractivity contribution in [3.8, 4) is 0 Å². The summed E-state index contributed by atoms with van der Waals surface area (Å²) in [6, 6.07) is 9.22. The zero-order valence-corrected chi connectivity index (χ0v) is 15.6. The van der Waals surface area contributed by atoms with Gasteiger partial charge in [0.1, 0.15) is 11.5 Å². The molecule has 25 heavy (non-hydrogen) atoms. The Bertz CT molecular complexity index is 898. The lowest BCUT2D eigenvalue weighted by Gasteiger charge is -2.11. The Morgan fingerprint density at radius 1 is 1.24 bits per heavy atom. The molecule has 1 aromatic carbocycles. The number of carbonyl (C=O) groups is 1. The molecule has 1 amide bonds. The number of aryl methyl sites for hydroxylation is 2. The highest BCUT2D eigenvalue weighted by atomic mass is 32.2. The largest absolute Gasteiger partial charge is 0.460 e. The second-order valence-corrected chi connectivity index (χ2v) is 8.05. The van der Waals surface area contributed by atoms with Crippen LogP contribution in [0.4, 0.5) is 5.69 Å². The molecule has 0 spiro atoms. The molecule has 1 N–H and O–H groups in total. The zero-order chi connectivity index (χ0) is 18.6. The van der Waals surface area contributed by atoms with E-state index in [4.69, 9.17) is 4.42 Å². The first-order chi connectivity index (χ1) is 11.6. The van der Waals surface area contributed by atoms with Gasteiger partial charge in [-0.2, -0.15) is 4.31 Å². The van der Waals surface area contributed by atoms with Gasteiger partial charge < -0.3 is 9.73 Å². The molecule has 0 aliphatic rings. The van der Waals surface area contributed by atoms with Gasteiger partial charge in [0, 0.05) is 18.8 Å². The van der Waals surface area contributed by atoms with Crippen molar-refractivity contribution in [3.05, 3.63) is 59.1 Å². The molecule has 0 saturated carbocycles. The van der Waals surface area contributed by atoms with Crippen molar-refractivity contribution in [1.29, 1.82) is 0 Å². The van der Waals surface area contributed by atoms with Gasteiger partial charge in [-0.05, 0) is 49.2 Å². The van der Waals surface area contributed by atoms with Gasteiger partial charge in [0.25, 0.3) is 0 Å².